The SMILES string of the molecule is COC(=O)c1cccc(N)c1Sc1nc2ccccc2[nH]1. The van der Waals surface area contributed by atoms with E-state index in [9.17, 15) is 4.79 Å². The van der Waals surface area contributed by atoms with Gasteiger partial charge in [-0.2, -0.15) is 0 Å². The average molecular weight is 299 g/mol. The lowest BCUT2D eigenvalue weighted by atomic mass is 10.2. The number of nitrogen functional groups attached to an aromatic ring is 1. The minimum atomic E-state index is -0.416. The van der Waals surface area contributed by atoms with Gasteiger partial charge >= 0.3 is 5.97 Å². The van der Waals surface area contributed by atoms with Crippen molar-refractivity contribution in [2.24, 2.45) is 0 Å². The molecule has 2 aromatic carbocycles. The Labute approximate surface area is 125 Å². The van der Waals surface area contributed by atoms with E-state index in [2.05, 4.69) is 9.97 Å². The van der Waals surface area contributed by atoms with Gasteiger partial charge in [0.2, 0.25) is 0 Å². The van der Waals surface area contributed by atoms with E-state index in [-0.39, 0.29) is 0 Å². The van der Waals surface area contributed by atoms with E-state index < -0.39 is 5.97 Å². The molecule has 0 saturated heterocycles. The van der Waals surface area contributed by atoms with Gasteiger partial charge in [-0.1, -0.05) is 18.2 Å². The van der Waals surface area contributed by atoms with Crippen molar-refractivity contribution in [2.75, 3.05) is 12.8 Å². The summed E-state index contributed by atoms with van der Waals surface area (Å²) < 4.78 is 4.79. The molecule has 3 rings (SSSR count). The first-order valence-corrected chi connectivity index (χ1v) is 7.10. The number of fused-ring (bicyclic) bond motifs is 1. The van der Waals surface area contributed by atoms with E-state index in [0.29, 0.717) is 21.3 Å². The molecule has 3 N–H and O–H groups in total. The summed E-state index contributed by atoms with van der Waals surface area (Å²) in [5.74, 6) is -0.416. The Hall–Kier alpha value is -2.47. The van der Waals surface area contributed by atoms with Gasteiger partial charge in [0.05, 0.1) is 28.6 Å². The van der Waals surface area contributed by atoms with Crippen LogP contribution >= 0.6 is 11.8 Å². The Morgan fingerprint density at radius 3 is 2.81 bits per heavy atom. The van der Waals surface area contributed by atoms with Crippen LogP contribution in [0.4, 0.5) is 5.69 Å². The first-order chi connectivity index (χ1) is 10.2. The highest BCUT2D eigenvalue weighted by Gasteiger charge is 2.16. The molecule has 0 spiro atoms. The number of esters is 1. The normalized spacial score (nSPS) is 10.7. The number of H-pyrrole nitrogens is 1. The number of nitrogens with zero attached hydrogens (tertiary/aromatic N) is 1. The maximum Gasteiger partial charge on any atom is 0.339 e. The Bertz CT molecular complexity index is 781. The van der Waals surface area contributed by atoms with Gasteiger partial charge in [0.1, 0.15) is 0 Å². The predicted octanol–water partition coefficient (Wildman–Crippen LogP) is 3.08. The summed E-state index contributed by atoms with van der Waals surface area (Å²) in [5.41, 5.74) is 8.74. The first-order valence-electron chi connectivity index (χ1n) is 6.28. The molecule has 6 heteroatoms. The number of benzene rings is 2. The Balaban J connectivity index is 2.02. The molecule has 0 aliphatic rings. The van der Waals surface area contributed by atoms with Gasteiger partial charge in [-0.25, -0.2) is 9.78 Å². The Morgan fingerprint density at radius 1 is 1.24 bits per heavy atom. The number of carbonyl (C=O) groups is 1. The van der Waals surface area contributed by atoms with Crippen LogP contribution in [0.1, 0.15) is 10.4 Å². The quantitative estimate of drug-likeness (QED) is 0.574. The zero-order valence-corrected chi connectivity index (χ0v) is 12.1. The second-order valence-electron chi connectivity index (χ2n) is 4.38. The van der Waals surface area contributed by atoms with Gasteiger partial charge in [-0.3, -0.25) is 0 Å². The summed E-state index contributed by atoms with van der Waals surface area (Å²) in [5, 5.41) is 0.680. The van der Waals surface area contributed by atoms with Crippen LogP contribution in [0.25, 0.3) is 11.0 Å². The van der Waals surface area contributed by atoms with E-state index in [1.807, 2.05) is 24.3 Å². The molecular formula is C15H13N3O2S. The first kappa shape index (κ1) is 13.5. The van der Waals surface area contributed by atoms with Crippen molar-refractivity contribution in [3.8, 4) is 0 Å². The van der Waals surface area contributed by atoms with Crippen LogP contribution in [0.15, 0.2) is 52.5 Å². The highest BCUT2D eigenvalue weighted by molar-refractivity contribution is 7.99. The van der Waals surface area contributed by atoms with Gasteiger partial charge in [0.25, 0.3) is 0 Å². The monoisotopic (exact) mass is 299 g/mol. The number of methoxy groups -OCH3 is 1. The molecule has 0 amide bonds. The molecule has 0 aliphatic heterocycles. The summed E-state index contributed by atoms with van der Waals surface area (Å²) >= 11 is 1.32. The van der Waals surface area contributed by atoms with Gasteiger partial charge < -0.3 is 15.5 Å². The van der Waals surface area contributed by atoms with Crippen molar-refractivity contribution >= 4 is 34.5 Å². The van der Waals surface area contributed by atoms with Crippen LogP contribution in [0.5, 0.6) is 0 Å². The van der Waals surface area contributed by atoms with E-state index in [4.69, 9.17) is 10.5 Å². The zero-order chi connectivity index (χ0) is 14.8. The summed E-state index contributed by atoms with van der Waals surface area (Å²) in [6.07, 6.45) is 0. The highest BCUT2D eigenvalue weighted by atomic mass is 32.2. The van der Waals surface area contributed by atoms with Gasteiger partial charge in [0, 0.05) is 5.69 Å². The molecule has 0 atom stereocenters. The number of nitrogens with one attached hydrogen (secondary N) is 1. The number of aromatic amines is 1. The highest BCUT2D eigenvalue weighted by Crippen LogP contribution is 2.34. The van der Waals surface area contributed by atoms with Crippen LogP contribution < -0.4 is 5.73 Å². The predicted molar refractivity (Wildman–Crippen MR) is 82.4 cm³/mol. The second-order valence-corrected chi connectivity index (χ2v) is 5.38. The molecule has 0 bridgehead atoms. The lowest BCUT2D eigenvalue weighted by Crippen LogP contribution is -2.05. The maximum absolute atomic E-state index is 11.8. The molecule has 3 aromatic rings. The fraction of sp³-hybridized carbons (Fsp3) is 0.0667. The number of para-hydroxylation sites is 2. The lowest BCUT2D eigenvalue weighted by molar-refractivity contribution is 0.0597. The zero-order valence-electron chi connectivity index (χ0n) is 11.3. The van der Waals surface area contributed by atoms with Crippen molar-refractivity contribution < 1.29 is 9.53 Å². The number of imidazole rings is 1. The summed E-state index contributed by atoms with van der Waals surface area (Å²) in [6, 6.07) is 12.9. The fourth-order valence-corrected chi connectivity index (χ4v) is 2.96. The number of hydrogen-bond acceptors (Lipinski definition) is 5. The van der Waals surface area contributed by atoms with Crippen molar-refractivity contribution in [1.29, 1.82) is 0 Å². The number of nitrogens with two attached hydrogens (primary N) is 1. The number of carbonyl (C=O) groups excluding carboxylic acids is 1. The molecular weight excluding hydrogens is 286 g/mol. The van der Waals surface area contributed by atoms with Crippen LogP contribution in [-0.4, -0.2) is 23.0 Å². The van der Waals surface area contributed by atoms with Crippen LogP contribution in [0.2, 0.25) is 0 Å². The van der Waals surface area contributed by atoms with Crippen molar-refractivity contribution in [3.05, 3.63) is 48.0 Å². The molecule has 0 aliphatic carbocycles. The molecule has 0 unspecified atom stereocenters. The number of anilines is 1. The fourth-order valence-electron chi connectivity index (χ4n) is 2.01. The maximum atomic E-state index is 11.8. The molecule has 1 aromatic heterocycles. The van der Waals surface area contributed by atoms with E-state index >= 15 is 0 Å². The topological polar surface area (TPSA) is 81.0 Å². The number of ether oxygens (including phenoxy) is 1. The smallest absolute Gasteiger partial charge is 0.339 e. The lowest BCUT2D eigenvalue weighted by Gasteiger charge is -2.08. The van der Waals surface area contributed by atoms with Gasteiger partial charge in [-0.05, 0) is 36.0 Å². The van der Waals surface area contributed by atoms with Crippen molar-refractivity contribution in [3.63, 3.8) is 0 Å². The van der Waals surface area contributed by atoms with Crippen molar-refractivity contribution in [1.82, 2.24) is 9.97 Å². The van der Waals surface area contributed by atoms with Crippen LogP contribution in [-0.2, 0) is 4.74 Å². The number of hydrogen-bond donors (Lipinski definition) is 2. The van der Waals surface area contributed by atoms with E-state index in [0.717, 1.165) is 11.0 Å². The van der Waals surface area contributed by atoms with Crippen LogP contribution in [0.3, 0.4) is 0 Å². The summed E-state index contributed by atoms with van der Waals surface area (Å²) in [6.45, 7) is 0. The largest absolute Gasteiger partial charge is 0.465 e. The summed E-state index contributed by atoms with van der Waals surface area (Å²) in [4.78, 5) is 20.1. The Kier molecular flexibility index (Phi) is 3.53. The molecule has 21 heavy (non-hydrogen) atoms. The van der Waals surface area contributed by atoms with Gasteiger partial charge in [0.15, 0.2) is 5.16 Å². The average Bonchev–Trinajstić information content (AvgIpc) is 2.91. The van der Waals surface area contributed by atoms with Crippen LogP contribution in [0, 0.1) is 0 Å². The van der Waals surface area contributed by atoms with E-state index in [1.165, 1.54) is 18.9 Å². The van der Waals surface area contributed by atoms with E-state index in [1.54, 1.807) is 18.2 Å². The summed E-state index contributed by atoms with van der Waals surface area (Å²) in [7, 11) is 1.35. The second kappa shape index (κ2) is 5.49. The Morgan fingerprint density at radius 2 is 2.05 bits per heavy atom. The third kappa shape index (κ3) is 2.57. The number of rotatable bonds is 3. The molecule has 0 saturated carbocycles. The van der Waals surface area contributed by atoms with Crippen molar-refractivity contribution in [2.45, 2.75) is 10.1 Å². The minimum Gasteiger partial charge on any atom is -0.465 e. The third-order valence-electron chi connectivity index (χ3n) is 3.02. The van der Waals surface area contributed by atoms with Gasteiger partial charge in [-0.15, -0.1) is 0 Å². The molecule has 5 nitrogen and oxygen atoms in total. The minimum absolute atomic E-state index is 0.416. The number of aromatic nitrogens is 2. The molecule has 0 fully saturated rings. The molecule has 0 radical (unpaired) electrons. The third-order valence-corrected chi connectivity index (χ3v) is 4.06. The standard InChI is InChI=1S/C15H13N3O2S/c1-20-14(19)9-5-4-6-10(16)13(9)21-15-17-11-7-2-3-8-12(11)18-15/h2-8H,16H2,1H3,(H,17,18). The molecule has 106 valence electrons. The molecule has 1 heterocycles.